The van der Waals surface area contributed by atoms with Crippen molar-refractivity contribution >= 4 is 34.6 Å². The van der Waals surface area contributed by atoms with Gasteiger partial charge in [-0.3, -0.25) is 14.9 Å². The van der Waals surface area contributed by atoms with Gasteiger partial charge in [-0.1, -0.05) is 19.9 Å². The van der Waals surface area contributed by atoms with Crippen molar-refractivity contribution < 1.29 is 29.3 Å². The minimum Gasteiger partial charge on any atom is -0.481 e. The lowest BCUT2D eigenvalue weighted by Crippen LogP contribution is -2.36. The average Bonchev–Trinajstić information content (AvgIpc) is 3.12. The van der Waals surface area contributed by atoms with Crippen molar-refractivity contribution in [2.45, 2.75) is 58.4 Å². The Morgan fingerprint density at radius 3 is 2.62 bits per heavy atom. The smallest absolute Gasteiger partial charge is 0.411 e. The minimum absolute atomic E-state index is 0.403. The van der Waals surface area contributed by atoms with Crippen molar-refractivity contribution in [3.63, 3.8) is 0 Å². The summed E-state index contributed by atoms with van der Waals surface area (Å²) in [5, 5.41) is 23.1. The van der Waals surface area contributed by atoms with Crippen LogP contribution in [0.4, 0.5) is 10.5 Å². The number of unbranched alkanes of at least 4 members (excludes halogenated alkanes) is 1. The first-order valence-corrected chi connectivity index (χ1v) is 11.5. The van der Waals surface area contributed by atoms with Crippen LogP contribution < -0.4 is 10.6 Å². The van der Waals surface area contributed by atoms with Gasteiger partial charge in [0.25, 0.3) is 0 Å². The largest absolute Gasteiger partial charge is 0.481 e. The van der Waals surface area contributed by atoms with Gasteiger partial charge in [0.05, 0.1) is 6.61 Å². The summed E-state index contributed by atoms with van der Waals surface area (Å²) >= 11 is 0. The number of aromatic nitrogens is 1. The first-order chi connectivity index (χ1) is 16.2. The number of amides is 1. The molecule has 1 aliphatic rings. The van der Waals surface area contributed by atoms with E-state index in [4.69, 9.17) is 14.9 Å². The van der Waals surface area contributed by atoms with Crippen LogP contribution in [-0.4, -0.2) is 52.4 Å². The van der Waals surface area contributed by atoms with Crippen LogP contribution in [0.3, 0.4) is 0 Å². The number of carbonyl (C=O) groups is 3. The molecule has 0 saturated heterocycles. The van der Waals surface area contributed by atoms with Crippen molar-refractivity contribution in [2.24, 2.45) is 5.92 Å². The van der Waals surface area contributed by atoms with E-state index in [0.29, 0.717) is 18.6 Å². The van der Waals surface area contributed by atoms with E-state index >= 15 is 0 Å². The number of carboxylic acids is 2. The molecule has 1 heterocycles. The molecule has 2 aromatic rings. The van der Waals surface area contributed by atoms with Crippen LogP contribution in [0.25, 0.3) is 10.9 Å². The van der Waals surface area contributed by atoms with Gasteiger partial charge < -0.3 is 25.3 Å². The number of H-pyrrole nitrogens is 1. The molecule has 0 aliphatic heterocycles. The molecule has 9 heteroatoms. The maximum Gasteiger partial charge on any atom is 0.411 e. The highest BCUT2D eigenvalue weighted by Crippen LogP contribution is 2.31. The molecule has 1 aromatic carbocycles. The van der Waals surface area contributed by atoms with Crippen LogP contribution in [0.1, 0.15) is 50.8 Å². The second-order valence-corrected chi connectivity index (χ2v) is 8.74. The first-order valence-electron chi connectivity index (χ1n) is 11.5. The maximum atomic E-state index is 12.0. The molecule has 0 fully saturated rings. The van der Waals surface area contributed by atoms with Gasteiger partial charge in [0.2, 0.25) is 0 Å². The van der Waals surface area contributed by atoms with Gasteiger partial charge in [0.15, 0.2) is 0 Å². The quantitative estimate of drug-likeness (QED) is 0.196. The Bertz CT molecular complexity index is 986. The topological polar surface area (TPSA) is 141 Å². The predicted octanol–water partition coefficient (Wildman–Crippen LogP) is 4.33. The average molecular weight is 474 g/mol. The normalized spacial score (nSPS) is 14.6. The van der Waals surface area contributed by atoms with Crippen molar-refractivity contribution in [3.05, 3.63) is 42.1 Å². The van der Waals surface area contributed by atoms with Crippen molar-refractivity contribution in [3.8, 4) is 0 Å². The molecule has 5 N–H and O–H groups in total. The summed E-state index contributed by atoms with van der Waals surface area (Å²) < 4.78 is 5.21. The second kappa shape index (κ2) is 13.4. The highest BCUT2D eigenvalue weighted by molar-refractivity contribution is 5.92. The SMILES string of the molecule is C=CCCCOC(=O)Nc1ccc2[nH]c3c(c2c1)CC(NCC(C)C)CC3.O=C(O)CC(=O)O. The molecule has 34 heavy (non-hydrogen) atoms. The number of rotatable bonds is 10. The Labute approximate surface area is 199 Å². The Morgan fingerprint density at radius 1 is 1.26 bits per heavy atom. The number of ether oxygens (including phenoxy) is 1. The van der Waals surface area contributed by atoms with Gasteiger partial charge in [0.1, 0.15) is 6.42 Å². The Hall–Kier alpha value is -3.33. The highest BCUT2D eigenvalue weighted by atomic mass is 16.5. The summed E-state index contributed by atoms with van der Waals surface area (Å²) in [7, 11) is 0. The number of hydrogen-bond donors (Lipinski definition) is 5. The highest BCUT2D eigenvalue weighted by Gasteiger charge is 2.22. The number of carbonyl (C=O) groups excluding carboxylic acids is 1. The van der Waals surface area contributed by atoms with Gasteiger partial charge >= 0.3 is 18.0 Å². The number of aromatic amines is 1. The molecule has 0 radical (unpaired) electrons. The third-order valence-electron chi connectivity index (χ3n) is 5.34. The number of aryl methyl sites for hydroxylation is 1. The zero-order valence-corrected chi connectivity index (χ0v) is 19.9. The fraction of sp³-hybridized carbons (Fsp3) is 0.480. The van der Waals surface area contributed by atoms with Gasteiger partial charge in [0, 0.05) is 28.3 Å². The summed E-state index contributed by atoms with van der Waals surface area (Å²) in [5.41, 5.74) is 4.61. The van der Waals surface area contributed by atoms with Crippen molar-refractivity contribution in [2.75, 3.05) is 18.5 Å². The summed E-state index contributed by atoms with van der Waals surface area (Å²) in [6.07, 6.45) is 5.51. The number of hydrogen-bond acceptors (Lipinski definition) is 5. The summed E-state index contributed by atoms with van der Waals surface area (Å²) in [5.74, 6) is -1.97. The zero-order valence-electron chi connectivity index (χ0n) is 19.9. The monoisotopic (exact) mass is 473 g/mol. The van der Waals surface area contributed by atoms with Crippen LogP contribution in [-0.2, 0) is 27.2 Å². The van der Waals surface area contributed by atoms with Crippen molar-refractivity contribution in [1.29, 1.82) is 0 Å². The molecule has 1 amide bonds. The van der Waals surface area contributed by atoms with E-state index in [0.717, 1.165) is 49.9 Å². The fourth-order valence-electron chi connectivity index (χ4n) is 3.75. The van der Waals surface area contributed by atoms with Crippen LogP contribution in [0.2, 0.25) is 0 Å². The van der Waals surface area contributed by atoms with Gasteiger partial charge in [-0.05, 0) is 68.3 Å². The molecule has 1 aromatic heterocycles. The van der Waals surface area contributed by atoms with E-state index in [1.807, 2.05) is 18.2 Å². The van der Waals surface area contributed by atoms with Crippen LogP contribution >= 0.6 is 0 Å². The third-order valence-corrected chi connectivity index (χ3v) is 5.34. The lowest BCUT2D eigenvalue weighted by Gasteiger charge is -2.24. The number of fused-ring (bicyclic) bond motifs is 3. The third kappa shape index (κ3) is 8.90. The van der Waals surface area contributed by atoms with Crippen LogP contribution in [0.5, 0.6) is 0 Å². The van der Waals surface area contributed by atoms with Crippen LogP contribution in [0.15, 0.2) is 30.9 Å². The molecule has 1 aliphatic carbocycles. The molecule has 186 valence electrons. The molecule has 0 bridgehead atoms. The molecule has 0 saturated carbocycles. The number of allylic oxidation sites excluding steroid dienone is 1. The number of nitrogens with one attached hydrogen (secondary N) is 3. The van der Waals surface area contributed by atoms with E-state index < -0.39 is 24.5 Å². The van der Waals surface area contributed by atoms with E-state index in [-0.39, 0.29) is 0 Å². The molecule has 0 spiro atoms. The zero-order chi connectivity index (χ0) is 25.1. The Balaban J connectivity index is 0.000000509. The number of carboxylic acid groups (broad SMARTS) is 2. The maximum absolute atomic E-state index is 12.0. The summed E-state index contributed by atoms with van der Waals surface area (Å²) in [4.78, 5) is 34.4. The molecular weight excluding hydrogens is 438 g/mol. The number of anilines is 1. The molecule has 1 atom stereocenters. The van der Waals surface area contributed by atoms with E-state index in [9.17, 15) is 14.4 Å². The van der Waals surface area contributed by atoms with E-state index in [1.165, 1.54) is 16.6 Å². The summed E-state index contributed by atoms with van der Waals surface area (Å²) in [6.45, 7) is 9.59. The predicted molar refractivity (Wildman–Crippen MR) is 131 cm³/mol. The number of benzene rings is 1. The van der Waals surface area contributed by atoms with Gasteiger partial charge in [-0.15, -0.1) is 6.58 Å². The van der Waals surface area contributed by atoms with E-state index in [2.05, 4.69) is 42.1 Å². The Morgan fingerprint density at radius 2 is 2.00 bits per heavy atom. The van der Waals surface area contributed by atoms with Crippen molar-refractivity contribution in [1.82, 2.24) is 10.3 Å². The second-order valence-electron chi connectivity index (χ2n) is 8.74. The lowest BCUT2D eigenvalue weighted by molar-refractivity contribution is -0.147. The van der Waals surface area contributed by atoms with Gasteiger partial charge in [-0.2, -0.15) is 0 Å². The summed E-state index contributed by atoms with van der Waals surface area (Å²) in [6, 6.07) is 6.53. The van der Waals surface area contributed by atoms with Gasteiger partial charge in [-0.25, -0.2) is 4.79 Å². The Kier molecular flexibility index (Phi) is 10.6. The van der Waals surface area contributed by atoms with Crippen LogP contribution in [0, 0.1) is 5.92 Å². The standard InChI is InChI=1S/C22H31N3O2.C3H4O4/c1-4-5-6-11-27-22(26)24-17-8-10-21-19(13-17)18-12-16(23-14-15(2)3)7-9-20(18)25-21;4-2(5)1-3(6)7/h4,8,10,13,15-16,23,25H,1,5-7,9,11-12,14H2,2-3H3,(H,24,26);1H2,(H,4,5)(H,6,7). The molecular formula is C25H35N3O6. The van der Waals surface area contributed by atoms with E-state index in [1.54, 1.807) is 0 Å². The first kappa shape index (κ1) is 26.9. The molecule has 9 nitrogen and oxygen atoms in total. The fourth-order valence-corrected chi connectivity index (χ4v) is 3.75. The number of aliphatic carboxylic acids is 2. The molecule has 3 rings (SSSR count). The minimum atomic E-state index is -1.31. The lowest BCUT2D eigenvalue weighted by atomic mass is 9.91. The molecule has 1 unspecified atom stereocenters.